The number of nitrogens with one attached hydrogen (secondary N) is 2. The van der Waals surface area contributed by atoms with E-state index in [2.05, 4.69) is 36.6 Å². The van der Waals surface area contributed by atoms with E-state index in [-0.39, 0.29) is 0 Å². The van der Waals surface area contributed by atoms with Gasteiger partial charge in [-0.05, 0) is 75.8 Å². The summed E-state index contributed by atoms with van der Waals surface area (Å²) in [4.78, 5) is 11.9. The maximum Gasteiger partial charge on any atom is 0.412 e. The van der Waals surface area contributed by atoms with Crippen molar-refractivity contribution in [1.82, 2.24) is 5.32 Å². The Morgan fingerprint density at radius 3 is 2.79 bits per heavy atom. The van der Waals surface area contributed by atoms with Crippen LogP contribution in [0.25, 0.3) is 0 Å². The molecule has 1 aliphatic carbocycles. The molecule has 2 rings (SSSR count). The summed E-state index contributed by atoms with van der Waals surface area (Å²) in [6.07, 6.45) is 4.24. The fraction of sp³-hybridized carbons (Fsp3) is 0.650. The number of fused-ring (bicyclic) bond motifs is 1. The van der Waals surface area contributed by atoms with Gasteiger partial charge in [-0.1, -0.05) is 26.3 Å². The molecule has 0 radical (unpaired) electrons. The number of ether oxygens (including phenoxy) is 1. The van der Waals surface area contributed by atoms with Crippen LogP contribution in [0.15, 0.2) is 18.2 Å². The zero-order valence-electron chi connectivity index (χ0n) is 15.7. The van der Waals surface area contributed by atoms with Crippen molar-refractivity contribution >= 4 is 11.8 Å². The van der Waals surface area contributed by atoms with Crippen LogP contribution >= 0.6 is 0 Å². The van der Waals surface area contributed by atoms with Gasteiger partial charge in [-0.3, -0.25) is 5.32 Å². The number of aryl methyl sites for hydroxylation is 1. The molecule has 0 saturated carbocycles. The Hall–Kier alpha value is -1.55. The molecule has 0 aromatic heterocycles. The molecule has 24 heavy (non-hydrogen) atoms. The van der Waals surface area contributed by atoms with Crippen molar-refractivity contribution in [3.8, 4) is 0 Å². The molecule has 1 aliphatic rings. The van der Waals surface area contributed by atoms with Crippen LogP contribution in [0.1, 0.15) is 71.0 Å². The number of hydrogen-bond acceptors (Lipinski definition) is 3. The summed E-state index contributed by atoms with van der Waals surface area (Å²) in [5.41, 5.74) is 3.03. The zero-order chi connectivity index (χ0) is 17.7. The van der Waals surface area contributed by atoms with E-state index in [0.717, 1.165) is 18.7 Å². The quantitative estimate of drug-likeness (QED) is 0.793. The standard InChI is InChI=1S/C20H32N2O2/c1-6-14(2)13-21-18-9-7-8-15-12-16(10-11-17(15)18)22-19(23)24-20(3,4)5/h10-12,14,18,21H,6-9,13H2,1-5H3,(H,22,23). The Kier molecular flexibility index (Phi) is 6.27. The van der Waals surface area contributed by atoms with Crippen LogP contribution in [-0.4, -0.2) is 18.2 Å². The van der Waals surface area contributed by atoms with Crippen molar-refractivity contribution in [2.24, 2.45) is 5.92 Å². The fourth-order valence-corrected chi connectivity index (χ4v) is 3.01. The maximum atomic E-state index is 11.9. The van der Waals surface area contributed by atoms with Gasteiger partial charge in [-0.15, -0.1) is 0 Å². The summed E-state index contributed by atoms with van der Waals surface area (Å²) >= 11 is 0. The number of carbonyl (C=O) groups is 1. The third-order valence-electron chi connectivity index (χ3n) is 4.51. The molecule has 0 bridgehead atoms. The second-order valence-electron chi connectivity index (χ2n) is 7.91. The Morgan fingerprint density at radius 1 is 1.38 bits per heavy atom. The summed E-state index contributed by atoms with van der Waals surface area (Å²) in [6, 6.07) is 6.65. The van der Waals surface area contributed by atoms with Gasteiger partial charge in [0.1, 0.15) is 5.60 Å². The highest BCUT2D eigenvalue weighted by Gasteiger charge is 2.21. The lowest BCUT2D eigenvalue weighted by Gasteiger charge is -2.28. The van der Waals surface area contributed by atoms with Gasteiger partial charge in [0, 0.05) is 11.7 Å². The summed E-state index contributed by atoms with van der Waals surface area (Å²) in [6.45, 7) is 11.2. The lowest BCUT2D eigenvalue weighted by atomic mass is 9.87. The van der Waals surface area contributed by atoms with Gasteiger partial charge in [0.15, 0.2) is 0 Å². The van der Waals surface area contributed by atoms with E-state index in [1.54, 1.807) is 0 Å². The molecule has 0 spiro atoms. The van der Waals surface area contributed by atoms with Crippen LogP contribution in [-0.2, 0) is 11.2 Å². The molecule has 2 N–H and O–H groups in total. The first-order valence-electron chi connectivity index (χ1n) is 9.14. The topological polar surface area (TPSA) is 50.4 Å². The van der Waals surface area contributed by atoms with E-state index < -0.39 is 11.7 Å². The highest BCUT2D eigenvalue weighted by atomic mass is 16.6. The zero-order valence-corrected chi connectivity index (χ0v) is 15.7. The molecule has 1 aromatic rings. The molecular weight excluding hydrogens is 300 g/mol. The van der Waals surface area contributed by atoms with Crippen LogP contribution in [0.5, 0.6) is 0 Å². The highest BCUT2D eigenvalue weighted by Crippen LogP contribution is 2.32. The van der Waals surface area contributed by atoms with Crippen molar-refractivity contribution < 1.29 is 9.53 Å². The molecular formula is C20H32N2O2. The van der Waals surface area contributed by atoms with Crippen molar-refractivity contribution in [1.29, 1.82) is 0 Å². The largest absolute Gasteiger partial charge is 0.444 e. The van der Waals surface area contributed by atoms with Gasteiger partial charge >= 0.3 is 6.09 Å². The molecule has 0 aliphatic heterocycles. The summed E-state index contributed by atoms with van der Waals surface area (Å²) in [5, 5.41) is 6.55. The number of amides is 1. The van der Waals surface area contributed by atoms with Crippen LogP contribution < -0.4 is 10.6 Å². The number of anilines is 1. The third kappa shape index (κ3) is 5.52. The average Bonchev–Trinajstić information content (AvgIpc) is 2.50. The number of carbonyl (C=O) groups excluding carboxylic acids is 1. The van der Waals surface area contributed by atoms with E-state index in [1.165, 1.54) is 30.4 Å². The van der Waals surface area contributed by atoms with E-state index in [9.17, 15) is 4.79 Å². The monoisotopic (exact) mass is 332 g/mol. The summed E-state index contributed by atoms with van der Waals surface area (Å²) in [5.74, 6) is 0.698. The fourth-order valence-electron chi connectivity index (χ4n) is 3.01. The first-order valence-corrected chi connectivity index (χ1v) is 9.14. The van der Waals surface area contributed by atoms with Gasteiger partial charge in [0.05, 0.1) is 0 Å². The van der Waals surface area contributed by atoms with E-state index in [0.29, 0.717) is 12.0 Å². The summed E-state index contributed by atoms with van der Waals surface area (Å²) in [7, 11) is 0. The number of rotatable bonds is 5. The first-order chi connectivity index (χ1) is 11.3. The minimum atomic E-state index is -0.483. The van der Waals surface area contributed by atoms with Crippen LogP contribution in [0.4, 0.5) is 10.5 Å². The predicted octanol–water partition coefficient (Wildman–Crippen LogP) is 5.05. The Balaban J connectivity index is 2.03. The molecule has 1 aromatic carbocycles. The van der Waals surface area contributed by atoms with Gasteiger partial charge in [-0.2, -0.15) is 0 Å². The minimum Gasteiger partial charge on any atom is -0.444 e. The van der Waals surface area contributed by atoms with Crippen LogP contribution in [0, 0.1) is 5.92 Å². The lowest BCUT2D eigenvalue weighted by molar-refractivity contribution is 0.0636. The average molecular weight is 332 g/mol. The van der Waals surface area contributed by atoms with Crippen molar-refractivity contribution in [3.63, 3.8) is 0 Å². The smallest absolute Gasteiger partial charge is 0.412 e. The number of hydrogen-bond donors (Lipinski definition) is 2. The Morgan fingerprint density at radius 2 is 2.12 bits per heavy atom. The molecule has 0 heterocycles. The predicted molar refractivity (Wildman–Crippen MR) is 99.4 cm³/mol. The van der Waals surface area contributed by atoms with Gasteiger partial charge < -0.3 is 10.1 Å². The maximum absolute atomic E-state index is 11.9. The van der Waals surface area contributed by atoms with Crippen LogP contribution in [0.2, 0.25) is 0 Å². The van der Waals surface area contributed by atoms with Crippen molar-refractivity contribution in [3.05, 3.63) is 29.3 Å². The summed E-state index contributed by atoms with van der Waals surface area (Å²) < 4.78 is 5.32. The Bertz CT molecular complexity index is 563. The Labute approximate surface area is 146 Å². The molecule has 134 valence electrons. The minimum absolute atomic E-state index is 0.398. The van der Waals surface area contributed by atoms with Crippen molar-refractivity contribution in [2.75, 3.05) is 11.9 Å². The molecule has 4 heteroatoms. The van der Waals surface area contributed by atoms with E-state index in [1.807, 2.05) is 26.8 Å². The highest BCUT2D eigenvalue weighted by molar-refractivity contribution is 5.85. The molecule has 0 fully saturated rings. The lowest BCUT2D eigenvalue weighted by Crippen LogP contribution is -2.29. The van der Waals surface area contributed by atoms with E-state index >= 15 is 0 Å². The van der Waals surface area contributed by atoms with Crippen LogP contribution in [0.3, 0.4) is 0 Å². The molecule has 4 nitrogen and oxygen atoms in total. The normalized spacial score (nSPS) is 18.6. The molecule has 0 saturated heterocycles. The second kappa shape index (κ2) is 8.02. The van der Waals surface area contributed by atoms with Gasteiger partial charge in [0.2, 0.25) is 0 Å². The van der Waals surface area contributed by atoms with Crippen molar-refractivity contribution in [2.45, 2.75) is 71.9 Å². The SMILES string of the molecule is CCC(C)CNC1CCCc2cc(NC(=O)OC(C)(C)C)ccc21. The third-order valence-corrected chi connectivity index (χ3v) is 4.51. The van der Waals surface area contributed by atoms with Gasteiger partial charge in [-0.25, -0.2) is 4.79 Å². The number of benzene rings is 1. The van der Waals surface area contributed by atoms with Gasteiger partial charge in [0.25, 0.3) is 0 Å². The first kappa shape index (κ1) is 18.8. The molecule has 2 unspecified atom stereocenters. The van der Waals surface area contributed by atoms with E-state index in [4.69, 9.17) is 4.74 Å². The molecule has 1 amide bonds. The molecule has 2 atom stereocenters. The second-order valence-corrected chi connectivity index (χ2v) is 7.91.